The van der Waals surface area contributed by atoms with Crippen molar-refractivity contribution in [3.05, 3.63) is 72.1 Å². The highest BCUT2D eigenvalue weighted by atomic mass is 16.5. The summed E-state index contributed by atoms with van der Waals surface area (Å²) >= 11 is 0. The Bertz CT molecular complexity index is 1030. The van der Waals surface area contributed by atoms with Crippen LogP contribution in [0.2, 0.25) is 0 Å². The molecule has 1 atom stereocenters. The zero-order valence-corrected chi connectivity index (χ0v) is 16.4. The predicted octanol–water partition coefficient (Wildman–Crippen LogP) is 3.88. The summed E-state index contributed by atoms with van der Waals surface area (Å²) in [6, 6.07) is 16.4. The number of benzene rings is 2. The molecule has 3 aromatic rings. The Morgan fingerprint density at radius 3 is 2.31 bits per heavy atom. The van der Waals surface area contributed by atoms with Gasteiger partial charge in [0, 0.05) is 36.1 Å². The Balaban J connectivity index is 1.78. The summed E-state index contributed by atoms with van der Waals surface area (Å²) in [7, 11) is 4.79. The van der Waals surface area contributed by atoms with Gasteiger partial charge in [-0.1, -0.05) is 6.07 Å². The van der Waals surface area contributed by atoms with E-state index in [0.29, 0.717) is 34.2 Å². The van der Waals surface area contributed by atoms with Crippen LogP contribution in [0.4, 0.5) is 11.4 Å². The summed E-state index contributed by atoms with van der Waals surface area (Å²) in [5.41, 5.74) is 2.66. The zero-order valence-electron chi connectivity index (χ0n) is 16.4. The molecule has 0 spiro atoms. The number of nitrogens with one attached hydrogen (secondary N) is 1. The molecule has 0 aliphatic carbocycles. The first-order chi connectivity index (χ1) is 14.1. The molecule has 0 saturated heterocycles. The van der Waals surface area contributed by atoms with Gasteiger partial charge in [0.2, 0.25) is 0 Å². The van der Waals surface area contributed by atoms with Crippen molar-refractivity contribution in [2.24, 2.45) is 0 Å². The molecule has 4 rings (SSSR count). The fraction of sp³-hybridized carbons (Fsp3) is 0.182. The molecule has 1 aromatic heterocycles. The molecule has 0 bridgehead atoms. The Hall–Kier alpha value is -3.74. The van der Waals surface area contributed by atoms with Crippen LogP contribution in [-0.2, 0) is 0 Å². The molecule has 2 aromatic carbocycles. The van der Waals surface area contributed by atoms with Crippen molar-refractivity contribution in [1.82, 2.24) is 4.98 Å². The number of nitrogens with zero attached hydrogens (tertiary/aromatic N) is 2. The number of carbonyl (C=O) groups excluding carboxylic acids is 1. The average molecular weight is 391 g/mol. The van der Waals surface area contributed by atoms with E-state index in [-0.39, 0.29) is 5.91 Å². The zero-order chi connectivity index (χ0) is 20.4. The van der Waals surface area contributed by atoms with Crippen LogP contribution in [0, 0.1) is 0 Å². The van der Waals surface area contributed by atoms with Crippen molar-refractivity contribution < 1.29 is 19.0 Å². The standard InChI is InChI=1S/C22H21N3O4/c1-27-16-7-4-6-15(12-16)25-21(20-19(22(25)26)8-5-9-23-20)24-14-10-17(28-2)13-18(11-14)29-3/h4-13,21,24H,1-3H3/t21-/m0/s1. The van der Waals surface area contributed by atoms with E-state index in [0.717, 1.165) is 5.69 Å². The largest absolute Gasteiger partial charge is 0.497 e. The molecule has 0 radical (unpaired) electrons. The molecule has 1 aliphatic heterocycles. The van der Waals surface area contributed by atoms with Crippen LogP contribution in [0.3, 0.4) is 0 Å². The van der Waals surface area contributed by atoms with E-state index in [4.69, 9.17) is 14.2 Å². The van der Waals surface area contributed by atoms with Gasteiger partial charge in [0.25, 0.3) is 5.91 Å². The Morgan fingerprint density at radius 2 is 1.62 bits per heavy atom. The van der Waals surface area contributed by atoms with Crippen LogP contribution in [0.5, 0.6) is 17.2 Å². The fourth-order valence-electron chi connectivity index (χ4n) is 3.39. The van der Waals surface area contributed by atoms with E-state index in [2.05, 4.69) is 10.3 Å². The molecular weight excluding hydrogens is 370 g/mol. The number of anilines is 2. The molecule has 148 valence electrons. The number of aromatic nitrogens is 1. The number of hydrogen-bond donors (Lipinski definition) is 1. The van der Waals surface area contributed by atoms with Crippen molar-refractivity contribution in [3.63, 3.8) is 0 Å². The second kappa shape index (κ2) is 7.71. The number of rotatable bonds is 6. The quantitative estimate of drug-likeness (QED) is 0.688. The normalized spacial score (nSPS) is 15.1. The van der Waals surface area contributed by atoms with Gasteiger partial charge in [-0.05, 0) is 24.3 Å². The lowest BCUT2D eigenvalue weighted by molar-refractivity contribution is 0.0993. The molecule has 1 aliphatic rings. The minimum atomic E-state index is -0.498. The van der Waals surface area contributed by atoms with Gasteiger partial charge in [0.1, 0.15) is 17.2 Å². The van der Waals surface area contributed by atoms with Crippen LogP contribution < -0.4 is 24.4 Å². The molecule has 0 fully saturated rings. The average Bonchev–Trinajstić information content (AvgIpc) is 3.05. The van der Waals surface area contributed by atoms with Crippen molar-refractivity contribution in [1.29, 1.82) is 0 Å². The van der Waals surface area contributed by atoms with E-state index in [9.17, 15) is 4.79 Å². The van der Waals surface area contributed by atoms with Gasteiger partial charge in [-0.2, -0.15) is 0 Å². The monoisotopic (exact) mass is 391 g/mol. The van der Waals surface area contributed by atoms with E-state index in [1.165, 1.54) is 0 Å². The fourth-order valence-corrected chi connectivity index (χ4v) is 3.39. The summed E-state index contributed by atoms with van der Waals surface area (Å²) in [4.78, 5) is 19.3. The summed E-state index contributed by atoms with van der Waals surface area (Å²) in [6.07, 6.45) is 1.18. The smallest absolute Gasteiger partial charge is 0.262 e. The summed E-state index contributed by atoms with van der Waals surface area (Å²) in [5, 5.41) is 3.40. The van der Waals surface area contributed by atoms with Gasteiger partial charge in [-0.15, -0.1) is 0 Å². The summed E-state index contributed by atoms with van der Waals surface area (Å²) in [5.74, 6) is 1.82. The number of hydrogen-bond acceptors (Lipinski definition) is 6. The van der Waals surface area contributed by atoms with Gasteiger partial charge in [-0.3, -0.25) is 14.7 Å². The van der Waals surface area contributed by atoms with Crippen LogP contribution in [-0.4, -0.2) is 32.2 Å². The summed E-state index contributed by atoms with van der Waals surface area (Å²) < 4.78 is 16.1. The highest BCUT2D eigenvalue weighted by molar-refractivity contribution is 6.11. The van der Waals surface area contributed by atoms with Crippen LogP contribution in [0.25, 0.3) is 0 Å². The number of fused-ring (bicyclic) bond motifs is 1. The van der Waals surface area contributed by atoms with Crippen molar-refractivity contribution in [2.75, 3.05) is 31.5 Å². The maximum absolute atomic E-state index is 13.2. The molecular formula is C22H21N3O4. The van der Waals surface area contributed by atoms with Crippen LogP contribution >= 0.6 is 0 Å². The Kier molecular flexibility index (Phi) is 4.95. The lowest BCUT2D eigenvalue weighted by atomic mass is 10.2. The van der Waals surface area contributed by atoms with E-state index >= 15 is 0 Å². The van der Waals surface area contributed by atoms with Crippen LogP contribution in [0.15, 0.2) is 60.8 Å². The van der Waals surface area contributed by atoms with Gasteiger partial charge in [0.05, 0.1) is 38.3 Å². The highest BCUT2D eigenvalue weighted by Crippen LogP contribution is 2.39. The van der Waals surface area contributed by atoms with Crippen LogP contribution in [0.1, 0.15) is 22.2 Å². The van der Waals surface area contributed by atoms with Gasteiger partial charge >= 0.3 is 0 Å². The molecule has 7 nitrogen and oxygen atoms in total. The summed E-state index contributed by atoms with van der Waals surface area (Å²) in [6.45, 7) is 0. The maximum atomic E-state index is 13.2. The molecule has 29 heavy (non-hydrogen) atoms. The molecule has 1 amide bonds. The first kappa shape index (κ1) is 18.6. The number of carbonyl (C=O) groups is 1. The minimum Gasteiger partial charge on any atom is -0.497 e. The molecule has 2 heterocycles. The SMILES string of the molecule is COc1cc(N[C@@H]2c3ncccc3C(=O)N2c2cccc(OC)c2)cc(OC)c1. The van der Waals surface area contributed by atoms with Gasteiger partial charge in [0.15, 0.2) is 6.17 Å². The molecule has 0 saturated carbocycles. The lowest BCUT2D eigenvalue weighted by Gasteiger charge is -2.27. The number of amides is 1. The first-order valence-corrected chi connectivity index (χ1v) is 9.06. The maximum Gasteiger partial charge on any atom is 0.262 e. The highest BCUT2D eigenvalue weighted by Gasteiger charge is 2.39. The number of ether oxygens (including phenoxy) is 3. The third-order valence-corrected chi connectivity index (χ3v) is 4.79. The van der Waals surface area contributed by atoms with E-state index < -0.39 is 6.17 Å². The van der Waals surface area contributed by atoms with Gasteiger partial charge < -0.3 is 19.5 Å². The number of methoxy groups -OCH3 is 3. The van der Waals surface area contributed by atoms with Gasteiger partial charge in [-0.25, -0.2) is 0 Å². The first-order valence-electron chi connectivity index (χ1n) is 9.06. The topological polar surface area (TPSA) is 72.9 Å². The predicted molar refractivity (Wildman–Crippen MR) is 110 cm³/mol. The van der Waals surface area contributed by atoms with E-state index in [1.54, 1.807) is 50.6 Å². The third-order valence-electron chi connectivity index (χ3n) is 4.79. The lowest BCUT2D eigenvalue weighted by Crippen LogP contribution is -2.32. The molecule has 7 heteroatoms. The molecule has 0 unspecified atom stereocenters. The van der Waals surface area contributed by atoms with Crippen molar-refractivity contribution >= 4 is 17.3 Å². The Morgan fingerprint density at radius 1 is 0.897 bits per heavy atom. The second-order valence-corrected chi connectivity index (χ2v) is 6.46. The third kappa shape index (κ3) is 3.42. The second-order valence-electron chi connectivity index (χ2n) is 6.46. The van der Waals surface area contributed by atoms with Crippen molar-refractivity contribution in [3.8, 4) is 17.2 Å². The van der Waals surface area contributed by atoms with Crippen molar-refractivity contribution in [2.45, 2.75) is 6.17 Å². The molecule has 1 N–H and O–H groups in total. The van der Waals surface area contributed by atoms with E-state index in [1.807, 2.05) is 36.4 Å². The number of pyridine rings is 1. The Labute approximate surface area is 168 Å². The minimum absolute atomic E-state index is 0.131.